The van der Waals surface area contributed by atoms with E-state index in [0.29, 0.717) is 4.90 Å². The van der Waals surface area contributed by atoms with Gasteiger partial charge in [0.1, 0.15) is 0 Å². The molecule has 0 bridgehead atoms. The van der Waals surface area contributed by atoms with Gasteiger partial charge >= 0.3 is 0 Å². The Morgan fingerprint density at radius 3 is 2.38 bits per heavy atom. The normalized spacial score (nSPS) is 15.6. The van der Waals surface area contributed by atoms with Gasteiger partial charge in [-0.25, -0.2) is 4.90 Å². The number of rotatable bonds is 1. The Bertz CT molecular complexity index is 305. The fraction of sp³-hybridized carbons (Fsp3) is 0.444. The van der Waals surface area contributed by atoms with Crippen LogP contribution in [0.25, 0.3) is 0 Å². The summed E-state index contributed by atoms with van der Waals surface area (Å²) < 4.78 is 0. The number of carbonyl (C=O) groups is 3. The van der Waals surface area contributed by atoms with Crippen LogP contribution in [0.3, 0.4) is 0 Å². The minimum Gasteiger partial charge on any atom is -0.274 e. The fourth-order valence-corrected chi connectivity index (χ4v) is 1.10. The van der Waals surface area contributed by atoms with Gasteiger partial charge in [0, 0.05) is 12.8 Å². The average Bonchev–Trinajstić information content (AvgIpc) is 2.42. The third-order valence-corrected chi connectivity index (χ3v) is 1.72. The number of nitrogens with zero attached hydrogens (tertiary/aromatic N) is 1. The zero-order valence-electron chi connectivity index (χ0n) is 7.29. The minimum absolute atomic E-state index is 0.0615. The van der Waals surface area contributed by atoms with E-state index in [1.807, 2.05) is 0 Å². The van der Waals surface area contributed by atoms with Crippen LogP contribution in [-0.4, -0.2) is 22.6 Å². The molecule has 0 aromatic carbocycles. The number of likely N-dealkylation sites (tertiary alicyclic amines) is 1. The van der Waals surface area contributed by atoms with E-state index in [1.165, 1.54) is 0 Å². The van der Waals surface area contributed by atoms with Gasteiger partial charge in [-0.1, -0.05) is 5.92 Å². The minimum atomic E-state index is -0.512. The Labute approximate surface area is 75.9 Å². The first kappa shape index (κ1) is 9.46. The molecule has 1 saturated heterocycles. The van der Waals surface area contributed by atoms with Gasteiger partial charge < -0.3 is 0 Å². The lowest BCUT2D eigenvalue weighted by Gasteiger charge is -2.08. The van der Waals surface area contributed by atoms with Crippen molar-refractivity contribution in [1.29, 1.82) is 0 Å². The van der Waals surface area contributed by atoms with Crippen LogP contribution in [0.15, 0.2) is 0 Å². The molecule has 1 rings (SSSR count). The predicted octanol–water partition coefficient (Wildman–Crippen LogP) is 0.0754. The topological polar surface area (TPSA) is 54.5 Å². The monoisotopic (exact) mass is 179 g/mol. The highest BCUT2D eigenvalue weighted by Crippen LogP contribution is 2.12. The van der Waals surface area contributed by atoms with E-state index in [0.717, 1.165) is 0 Å². The van der Waals surface area contributed by atoms with Crippen molar-refractivity contribution in [3.8, 4) is 11.8 Å². The average molecular weight is 179 g/mol. The fourth-order valence-electron chi connectivity index (χ4n) is 1.10. The van der Waals surface area contributed by atoms with Crippen LogP contribution in [0.1, 0.15) is 26.2 Å². The molecule has 0 radical (unpaired) electrons. The van der Waals surface area contributed by atoms with E-state index >= 15 is 0 Å². The molecule has 0 atom stereocenters. The van der Waals surface area contributed by atoms with E-state index in [4.69, 9.17) is 0 Å². The van der Waals surface area contributed by atoms with Crippen molar-refractivity contribution in [2.45, 2.75) is 26.2 Å². The Hall–Kier alpha value is -1.63. The van der Waals surface area contributed by atoms with Crippen LogP contribution < -0.4 is 0 Å². The second-order valence-corrected chi connectivity index (χ2v) is 2.62. The molecule has 13 heavy (non-hydrogen) atoms. The SMILES string of the molecule is CC#CCC(=O)N1C(=O)CCC1=O. The summed E-state index contributed by atoms with van der Waals surface area (Å²) in [5, 5.41) is 0. The van der Waals surface area contributed by atoms with E-state index in [2.05, 4.69) is 11.8 Å². The largest absolute Gasteiger partial charge is 0.274 e. The molecule has 3 amide bonds. The Morgan fingerprint density at radius 1 is 1.38 bits per heavy atom. The van der Waals surface area contributed by atoms with Crippen molar-refractivity contribution < 1.29 is 14.4 Å². The Balaban J connectivity index is 2.68. The number of amides is 3. The molecular weight excluding hydrogens is 170 g/mol. The smallest absolute Gasteiger partial charge is 0.248 e. The summed E-state index contributed by atoms with van der Waals surface area (Å²) in [5.41, 5.74) is 0. The number of imide groups is 3. The lowest BCUT2D eigenvalue weighted by Crippen LogP contribution is -2.35. The summed E-state index contributed by atoms with van der Waals surface area (Å²) >= 11 is 0. The number of carbonyl (C=O) groups excluding carboxylic acids is 3. The van der Waals surface area contributed by atoms with E-state index in [1.54, 1.807) is 6.92 Å². The van der Waals surface area contributed by atoms with Gasteiger partial charge in [-0.2, -0.15) is 0 Å². The molecule has 68 valence electrons. The molecule has 0 spiro atoms. The van der Waals surface area contributed by atoms with Gasteiger partial charge in [0.15, 0.2) is 0 Å². The zero-order valence-corrected chi connectivity index (χ0v) is 7.29. The van der Waals surface area contributed by atoms with E-state index in [9.17, 15) is 14.4 Å². The summed E-state index contributed by atoms with van der Waals surface area (Å²) in [6.45, 7) is 1.60. The summed E-state index contributed by atoms with van der Waals surface area (Å²) in [7, 11) is 0. The van der Waals surface area contributed by atoms with Crippen LogP contribution in [0.5, 0.6) is 0 Å². The van der Waals surface area contributed by atoms with Crippen molar-refractivity contribution in [1.82, 2.24) is 4.90 Å². The molecule has 0 aromatic rings. The molecule has 0 N–H and O–H groups in total. The quantitative estimate of drug-likeness (QED) is 0.423. The first-order chi connectivity index (χ1) is 6.16. The van der Waals surface area contributed by atoms with Gasteiger partial charge in [0.05, 0.1) is 6.42 Å². The molecule has 0 saturated carbocycles. The third-order valence-electron chi connectivity index (χ3n) is 1.72. The summed E-state index contributed by atoms with van der Waals surface area (Å²) in [6, 6.07) is 0. The van der Waals surface area contributed by atoms with Crippen molar-refractivity contribution in [2.75, 3.05) is 0 Å². The van der Waals surface area contributed by atoms with Gasteiger partial charge in [0.25, 0.3) is 0 Å². The van der Waals surface area contributed by atoms with Gasteiger partial charge in [-0.05, 0) is 6.92 Å². The second-order valence-electron chi connectivity index (χ2n) is 2.62. The number of hydrogen-bond donors (Lipinski definition) is 0. The molecule has 1 aliphatic rings. The third kappa shape index (κ3) is 1.94. The highest BCUT2D eigenvalue weighted by Gasteiger charge is 2.33. The number of hydrogen-bond acceptors (Lipinski definition) is 3. The maximum Gasteiger partial charge on any atom is 0.248 e. The summed E-state index contributed by atoms with van der Waals surface area (Å²) in [4.78, 5) is 34.0. The summed E-state index contributed by atoms with van der Waals surface area (Å²) in [6.07, 6.45) is 0.224. The molecule has 0 aliphatic carbocycles. The second kappa shape index (κ2) is 3.85. The molecule has 1 heterocycles. The predicted molar refractivity (Wildman–Crippen MR) is 44.2 cm³/mol. The summed E-state index contributed by atoms with van der Waals surface area (Å²) in [5.74, 6) is 3.72. The standard InChI is InChI=1S/C9H9NO3/c1-2-3-4-7(11)10-8(12)5-6-9(10)13/h4-6H2,1H3. The van der Waals surface area contributed by atoms with Crippen molar-refractivity contribution in [3.05, 3.63) is 0 Å². The molecule has 1 aliphatic heterocycles. The molecule has 4 heteroatoms. The Kier molecular flexibility index (Phi) is 2.80. The van der Waals surface area contributed by atoms with Crippen molar-refractivity contribution in [3.63, 3.8) is 0 Å². The van der Waals surface area contributed by atoms with Crippen LogP contribution >= 0.6 is 0 Å². The van der Waals surface area contributed by atoms with Crippen molar-refractivity contribution >= 4 is 17.7 Å². The zero-order chi connectivity index (χ0) is 9.84. The van der Waals surface area contributed by atoms with E-state index < -0.39 is 17.7 Å². The first-order valence-electron chi connectivity index (χ1n) is 3.95. The van der Waals surface area contributed by atoms with Gasteiger partial charge in [-0.15, -0.1) is 5.92 Å². The van der Waals surface area contributed by atoms with Gasteiger partial charge in [0.2, 0.25) is 17.7 Å². The van der Waals surface area contributed by atoms with Crippen molar-refractivity contribution in [2.24, 2.45) is 0 Å². The molecule has 0 aromatic heterocycles. The molecule has 1 fully saturated rings. The molecule has 4 nitrogen and oxygen atoms in total. The van der Waals surface area contributed by atoms with Crippen LogP contribution in [-0.2, 0) is 14.4 Å². The molecular formula is C9H9NO3. The maximum atomic E-state index is 11.2. The highest BCUT2D eigenvalue weighted by atomic mass is 16.2. The van der Waals surface area contributed by atoms with Crippen LogP contribution in [0, 0.1) is 11.8 Å². The molecule has 0 unspecified atom stereocenters. The lowest BCUT2D eigenvalue weighted by molar-refractivity contribution is -0.148. The maximum absolute atomic E-state index is 11.2. The first-order valence-corrected chi connectivity index (χ1v) is 3.95. The lowest BCUT2D eigenvalue weighted by atomic mass is 10.3. The van der Waals surface area contributed by atoms with Gasteiger partial charge in [-0.3, -0.25) is 14.4 Å². The van der Waals surface area contributed by atoms with E-state index in [-0.39, 0.29) is 19.3 Å². The highest BCUT2D eigenvalue weighted by molar-refractivity contribution is 6.15. The Morgan fingerprint density at radius 2 is 1.92 bits per heavy atom. The van der Waals surface area contributed by atoms with Crippen LogP contribution in [0.2, 0.25) is 0 Å². The van der Waals surface area contributed by atoms with Crippen LogP contribution in [0.4, 0.5) is 0 Å².